The SMILES string of the molecule is CSc1ncccc1C=O. The third-order valence-electron chi connectivity index (χ3n) is 1.12. The fourth-order valence-electron chi connectivity index (χ4n) is 0.664. The minimum Gasteiger partial charge on any atom is -0.298 e. The van der Waals surface area contributed by atoms with Gasteiger partial charge in [0, 0.05) is 11.8 Å². The zero-order chi connectivity index (χ0) is 7.40. The number of hydrogen-bond donors (Lipinski definition) is 0. The van der Waals surface area contributed by atoms with Crippen molar-refractivity contribution in [3.05, 3.63) is 23.9 Å². The van der Waals surface area contributed by atoms with E-state index in [0.29, 0.717) is 5.56 Å². The maximum atomic E-state index is 10.3. The molecular formula is C7H7NOS. The number of carbonyl (C=O) groups is 1. The summed E-state index contributed by atoms with van der Waals surface area (Å²) in [5, 5.41) is 0.789. The van der Waals surface area contributed by atoms with E-state index >= 15 is 0 Å². The van der Waals surface area contributed by atoms with Gasteiger partial charge in [0.25, 0.3) is 0 Å². The van der Waals surface area contributed by atoms with Crippen molar-refractivity contribution in [2.45, 2.75) is 5.03 Å². The first-order chi connectivity index (χ1) is 4.88. The summed E-state index contributed by atoms with van der Waals surface area (Å²) in [4.78, 5) is 14.3. The van der Waals surface area contributed by atoms with Crippen LogP contribution in [0.2, 0.25) is 0 Å². The van der Waals surface area contributed by atoms with Crippen LogP contribution in [-0.4, -0.2) is 17.5 Å². The Bertz CT molecular complexity index is 237. The number of rotatable bonds is 2. The first-order valence-corrected chi connectivity index (χ1v) is 4.05. The molecule has 52 valence electrons. The summed E-state index contributed by atoms with van der Waals surface area (Å²) in [6.07, 6.45) is 4.40. The second-order valence-corrected chi connectivity index (χ2v) is 2.51. The molecule has 0 radical (unpaired) electrons. The molecule has 0 aliphatic heterocycles. The van der Waals surface area contributed by atoms with Gasteiger partial charge in [-0.25, -0.2) is 4.98 Å². The molecule has 1 rings (SSSR count). The summed E-state index contributed by atoms with van der Waals surface area (Å²) in [7, 11) is 0. The highest BCUT2D eigenvalue weighted by Crippen LogP contribution is 2.13. The number of aldehydes is 1. The van der Waals surface area contributed by atoms with Crippen molar-refractivity contribution in [3.8, 4) is 0 Å². The topological polar surface area (TPSA) is 30.0 Å². The van der Waals surface area contributed by atoms with Gasteiger partial charge in [-0.3, -0.25) is 4.79 Å². The summed E-state index contributed by atoms with van der Waals surface area (Å²) in [6.45, 7) is 0. The average molecular weight is 153 g/mol. The molecule has 0 aromatic carbocycles. The van der Waals surface area contributed by atoms with E-state index in [1.807, 2.05) is 6.26 Å². The normalized spacial score (nSPS) is 9.30. The van der Waals surface area contributed by atoms with Crippen molar-refractivity contribution >= 4 is 18.0 Å². The summed E-state index contributed by atoms with van der Waals surface area (Å²) >= 11 is 1.48. The van der Waals surface area contributed by atoms with Crippen LogP contribution >= 0.6 is 11.8 Å². The fourth-order valence-corrected chi connectivity index (χ4v) is 1.18. The van der Waals surface area contributed by atoms with E-state index in [1.165, 1.54) is 11.8 Å². The average Bonchev–Trinajstić information content (AvgIpc) is 2.04. The van der Waals surface area contributed by atoms with Gasteiger partial charge in [0.1, 0.15) is 5.03 Å². The molecule has 0 fully saturated rings. The quantitative estimate of drug-likeness (QED) is 0.477. The molecule has 0 saturated carbocycles. The Morgan fingerprint density at radius 2 is 2.50 bits per heavy atom. The van der Waals surface area contributed by atoms with Crippen LogP contribution in [0.3, 0.4) is 0 Å². The van der Waals surface area contributed by atoms with Crippen molar-refractivity contribution in [1.82, 2.24) is 4.98 Å². The lowest BCUT2D eigenvalue weighted by molar-refractivity contribution is 0.112. The van der Waals surface area contributed by atoms with E-state index in [0.717, 1.165) is 11.3 Å². The summed E-state index contributed by atoms with van der Waals surface area (Å²) < 4.78 is 0. The minimum atomic E-state index is 0.662. The van der Waals surface area contributed by atoms with E-state index in [9.17, 15) is 4.79 Å². The maximum absolute atomic E-state index is 10.3. The molecule has 0 aliphatic carbocycles. The first kappa shape index (κ1) is 7.28. The number of nitrogens with zero attached hydrogens (tertiary/aromatic N) is 1. The van der Waals surface area contributed by atoms with E-state index < -0.39 is 0 Å². The number of thioether (sulfide) groups is 1. The molecule has 1 aromatic rings. The molecule has 1 heterocycles. The smallest absolute Gasteiger partial charge is 0.152 e. The molecule has 10 heavy (non-hydrogen) atoms. The first-order valence-electron chi connectivity index (χ1n) is 2.82. The molecule has 1 aromatic heterocycles. The zero-order valence-electron chi connectivity index (χ0n) is 5.57. The van der Waals surface area contributed by atoms with Crippen LogP contribution in [0.5, 0.6) is 0 Å². The number of aromatic nitrogens is 1. The van der Waals surface area contributed by atoms with Crippen LogP contribution in [0, 0.1) is 0 Å². The molecule has 0 bridgehead atoms. The molecule has 0 spiro atoms. The molecule has 2 nitrogen and oxygen atoms in total. The highest BCUT2D eigenvalue weighted by atomic mass is 32.2. The van der Waals surface area contributed by atoms with Gasteiger partial charge in [-0.1, -0.05) is 0 Å². The Morgan fingerprint density at radius 3 is 3.00 bits per heavy atom. The van der Waals surface area contributed by atoms with Gasteiger partial charge >= 0.3 is 0 Å². The lowest BCUT2D eigenvalue weighted by Crippen LogP contribution is -1.86. The Balaban J connectivity index is 3.08. The molecule has 0 atom stereocenters. The standard InChI is InChI=1S/C7H7NOS/c1-10-7-6(5-9)3-2-4-8-7/h2-5H,1H3. The number of carbonyl (C=O) groups excluding carboxylic acids is 1. The summed E-state index contributed by atoms with van der Waals surface area (Å²) in [6, 6.07) is 3.51. The van der Waals surface area contributed by atoms with Crippen molar-refractivity contribution in [1.29, 1.82) is 0 Å². The lowest BCUT2D eigenvalue weighted by Gasteiger charge is -1.95. The van der Waals surface area contributed by atoms with Crippen molar-refractivity contribution in [3.63, 3.8) is 0 Å². The van der Waals surface area contributed by atoms with Crippen LogP contribution in [-0.2, 0) is 0 Å². The third-order valence-corrected chi connectivity index (χ3v) is 1.85. The van der Waals surface area contributed by atoms with Gasteiger partial charge in [0.2, 0.25) is 0 Å². The Hall–Kier alpha value is -0.830. The number of hydrogen-bond acceptors (Lipinski definition) is 3. The van der Waals surface area contributed by atoms with Crippen LogP contribution in [0.4, 0.5) is 0 Å². The molecule has 0 amide bonds. The molecule has 0 saturated heterocycles. The van der Waals surface area contributed by atoms with Crippen LogP contribution < -0.4 is 0 Å². The second-order valence-electron chi connectivity index (χ2n) is 1.72. The van der Waals surface area contributed by atoms with Gasteiger partial charge in [-0.2, -0.15) is 0 Å². The molecular weight excluding hydrogens is 146 g/mol. The van der Waals surface area contributed by atoms with Gasteiger partial charge < -0.3 is 0 Å². The predicted octanol–water partition coefficient (Wildman–Crippen LogP) is 1.62. The highest BCUT2D eigenvalue weighted by molar-refractivity contribution is 7.98. The van der Waals surface area contributed by atoms with Crippen LogP contribution in [0.15, 0.2) is 23.4 Å². The molecule has 3 heteroatoms. The van der Waals surface area contributed by atoms with E-state index in [4.69, 9.17) is 0 Å². The Kier molecular flexibility index (Phi) is 2.45. The van der Waals surface area contributed by atoms with Gasteiger partial charge in [0.05, 0.1) is 0 Å². The summed E-state index contributed by atoms with van der Waals surface area (Å²) in [5.74, 6) is 0. The third kappa shape index (κ3) is 1.36. The van der Waals surface area contributed by atoms with E-state index in [2.05, 4.69) is 4.98 Å². The Morgan fingerprint density at radius 1 is 1.70 bits per heavy atom. The van der Waals surface area contributed by atoms with E-state index in [-0.39, 0.29) is 0 Å². The van der Waals surface area contributed by atoms with Crippen molar-refractivity contribution in [2.24, 2.45) is 0 Å². The van der Waals surface area contributed by atoms with E-state index in [1.54, 1.807) is 18.3 Å². The van der Waals surface area contributed by atoms with Crippen molar-refractivity contribution < 1.29 is 4.79 Å². The highest BCUT2D eigenvalue weighted by Gasteiger charge is 1.97. The lowest BCUT2D eigenvalue weighted by atomic mass is 10.3. The zero-order valence-corrected chi connectivity index (χ0v) is 6.39. The van der Waals surface area contributed by atoms with Gasteiger partial charge in [-0.05, 0) is 18.4 Å². The molecule has 0 unspecified atom stereocenters. The van der Waals surface area contributed by atoms with Crippen LogP contribution in [0.1, 0.15) is 10.4 Å². The molecule has 0 N–H and O–H groups in total. The predicted molar refractivity (Wildman–Crippen MR) is 41.4 cm³/mol. The second kappa shape index (κ2) is 3.37. The Labute approximate surface area is 63.7 Å². The monoisotopic (exact) mass is 153 g/mol. The molecule has 0 aliphatic rings. The van der Waals surface area contributed by atoms with Gasteiger partial charge in [0.15, 0.2) is 6.29 Å². The number of pyridine rings is 1. The minimum absolute atomic E-state index is 0.662. The van der Waals surface area contributed by atoms with Crippen molar-refractivity contribution in [2.75, 3.05) is 6.26 Å². The fraction of sp³-hybridized carbons (Fsp3) is 0.143. The van der Waals surface area contributed by atoms with Gasteiger partial charge in [-0.15, -0.1) is 11.8 Å². The summed E-state index contributed by atoms with van der Waals surface area (Å²) in [5.41, 5.74) is 0.662. The van der Waals surface area contributed by atoms with Crippen LogP contribution in [0.25, 0.3) is 0 Å². The maximum Gasteiger partial charge on any atom is 0.152 e. The largest absolute Gasteiger partial charge is 0.298 e.